The molecule has 0 radical (unpaired) electrons. The van der Waals surface area contributed by atoms with Crippen molar-refractivity contribution in [2.75, 3.05) is 13.2 Å². The molecule has 1 aromatic carbocycles. The van der Waals surface area contributed by atoms with Crippen LogP contribution in [0.4, 0.5) is 4.79 Å². The molecule has 19 heavy (non-hydrogen) atoms. The molecule has 0 aliphatic heterocycles. The van der Waals surface area contributed by atoms with Gasteiger partial charge in [-0.05, 0) is 24.3 Å². The lowest BCUT2D eigenvalue weighted by Gasteiger charge is -2.04. The lowest BCUT2D eigenvalue weighted by atomic mass is 10.2. The zero-order chi connectivity index (χ0) is 13.8. The minimum absolute atomic E-state index is 0.215. The number of ether oxygens (including phenoxy) is 2. The number of rotatable bonds is 8. The van der Waals surface area contributed by atoms with E-state index in [0.717, 1.165) is 24.9 Å². The summed E-state index contributed by atoms with van der Waals surface area (Å²) in [5.74, 6) is 0. The molecule has 0 spiro atoms. The van der Waals surface area contributed by atoms with Crippen LogP contribution in [-0.2, 0) is 16.1 Å². The standard InChI is InChI=1S/C15H21NO3/c1-2-3-10-16-11-7-12-18-15(17)19-13-14-8-5-4-6-9-14/h4-9,11,16H,2-3,10,12-13H2,1H3/b11-7+. The van der Waals surface area contributed by atoms with E-state index in [4.69, 9.17) is 9.47 Å². The molecule has 0 heterocycles. The van der Waals surface area contributed by atoms with Crippen LogP contribution < -0.4 is 5.32 Å². The smallest absolute Gasteiger partial charge is 0.430 e. The molecule has 0 aromatic heterocycles. The second-order valence-electron chi connectivity index (χ2n) is 4.05. The van der Waals surface area contributed by atoms with Gasteiger partial charge < -0.3 is 14.8 Å². The van der Waals surface area contributed by atoms with Crippen molar-refractivity contribution < 1.29 is 14.3 Å². The lowest BCUT2D eigenvalue weighted by Crippen LogP contribution is -2.09. The second-order valence-corrected chi connectivity index (χ2v) is 4.05. The predicted octanol–water partition coefficient (Wildman–Crippen LogP) is 3.24. The highest BCUT2D eigenvalue weighted by Gasteiger charge is 2.02. The van der Waals surface area contributed by atoms with E-state index in [2.05, 4.69) is 12.2 Å². The average Bonchev–Trinajstić information content (AvgIpc) is 2.45. The third kappa shape index (κ3) is 7.86. The number of hydrogen-bond donors (Lipinski definition) is 1. The molecule has 0 fully saturated rings. The molecule has 4 heteroatoms. The summed E-state index contributed by atoms with van der Waals surface area (Å²) in [5.41, 5.74) is 0.941. The van der Waals surface area contributed by atoms with Gasteiger partial charge in [0.1, 0.15) is 13.2 Å². The first-order valence-corrected chi connectivity index (χ1v) is 6.54. The van der Waals surface area contributed by atoms with Crippen LogP contribution in [0, 0.1) is 0 Å². The van der Waals surface area contributed by atoms with Gasteiger partial charge in [-0.2, -0.15) is 0 Å². The molecule has 0 saturated heterocycles. The average molecular weight is 263 g/mol. The Morgan fingerprint density at radius 2 is 2.05 bits per heavy atom. The molecule has 1 rings (SSSR count). The Morgan fingerprint density at radius 3 is 2.79 bits per heavy atom. The summed E-state index contributed by atoms with van der Waals surface area (Å²) in [7, 11) is 0. The quantitative estimate of drug-likeness (QED) is 0.578. The fourth-order valence-electron chi connectivity index (χ4n) is 1.37. The van der Waals surface area contributed by atoms with Crippen molar-refractivity contribution in [3.63, 3.8) is 0 Å². The van der Waals surface area contributed by atoms with Gasteiger partial charge in [0.2, 0.25) is 0 Å². The number of carbonyl (C=O) groups excluding carboxylic acids is 1. The fourth-order valence-corrected chi connectivity index (χ4v) is 1.37. The van der Waals surface area contributed by atoms with Crippen molar-refractivity contribution in [3.8, 4) is 0 Å². The van der Waals surface area contributed by atoms with Gasteiger partial charge in [0.05, 0.1) is 0 Å². The highest BCUT2D eigenvalue weighted by molar-refractivity contribution is 5.60. The van der Waals surface area contributed by atoms with Crippen LogP contribution in [0.2, 0.25) is 0 Å². The van der Waals surface area contributed by atoms with Crippen LogP contribution in [0.15, 0.2) is 42.6 Å². The first-order valence-electron chi connectivity index (χ1n) is 6.54. The van der Waals surface area contributed by atoms with Gasteiger partial charge in [0.15, 0.2) is 0 Å². The molecule has 104 valence electrons. The summed E-state index contributed by atoms with van der Waals surface area (Å²) < 4.78 is 9.84. The van der Waals surface area contributed by atoms with Crippen LogP contribution >= 0.6 is 0 Å². The van der Waals surface area contributed by atoms with Gasteiger partial charge in [-0.15, -0.1) is 0 Å². The van der Waals surface area contributed by atoms with Crippen LogP contribution in [0.3, 0.4) is 0 Å². The third-order valence-corrected chi connectivity index (χ3v) is 2.41. The van der Waals surface area contributed by atoms with E-state index in [1.165, 1.54) is 0 Å². The molecule has 0 bridgehead atoms. The van der Waals surface area contributed by atoms with E-state index < -0.39 is 6.16 Å². The number of unbranched alkanes of at least 4 members (excludes halogenated alkanes) is 1. The molecule has 4 nitrogen and oxygen atoms in total. The Morgan fingerprint density at radius 1 is 1.26 bits per heavy atom. The van der Waals surface area contributed by atoms with Gasteiger partial charge in [-0.25, -0.2) is 4.79 Å². The monoisotopic (exact) mass is 263 g/mol. The maximum Gasteiger partial charge on any atom is 0.508 e. The molecule has 0 aliphatic rings. The summed E-state index contributed by atoms with van der Waals surface area (Å²) >= 11 is 0. The third-order valence-electron chi connectivity index (χ3n) is 2.41. The molecular weight excluding hydrogens is 242 g/mol. The Bertz CT molecular complexity index is 376. The van der Waals surface area contributed by atoms with Crippen molar-refractivity contribution in [1.29, 1.82) is 0 Å². The highest BCUT2D eigenvalue weighted by atomic mass is 16.7. The van der Waals surface area contributed by atoms with Crippen molar-refractivity contribution in [2.24, 2.45) is 0 Å². The zero-order valence-electron chi connectivity index (χ0n) is 11.3. The van der Waals surface area contributed by atoms with Gasteiger partial charge in [-0.1, -0.05) is 43.7 Å². The Kier molecular flexibility index (Phi) is 7.94. The molecule has 0 amide bonds. The van der Waals surface area contributed by atoms with E-state index in [9.17, 15) is 4.79 Å². The van der Waals surface area contributed by atoms with E-state index in [1.807, 2.05) is 30.3 Å². The van der Waals surface area contributed by atoms with Crippen molar-refractivity contribution in [1.82, 2.24) is 5.32 Å². The van der Waals surface area contributed by atoms with Crippen LogP contribution in [-0.4, -0.2) is 19.3 Å². The number of hydrogen-bond acceptors (Lipinski definition) is 4. The minimum atomic E-state index is -0.651. The van der Waals surface area contributed by atoms with Gasteiger partial charge in [-0.3, -0.25) is 0 Å². The molecule has 0 atom stereocenters. The molecule has 0 aliphatic carbocycles. The van der Waals surface area contributed by atoms with E-state index in [-0.39, 0.29) is 13.2 Å². The molecular formula is C15H21NO3. The SMILES string of the molecule is CCCCN/C=C/COC(=O)OCc1ccccc1. The minimum Gasteiger partial charge on any atom is -0.430 e. The molecule has 0 unspecified atom stereocenters. The Labute approximate surface area is 114 Å². The summed E-state index contributed by atoms with van der Waals surface area (Å²) in [6.07, 6.45) is 5.18. The molecule has 1 aromatic rings. The summed E-state index contributed by atoms with van der Waals surface area (Å²) in [4.78, 5) is 11.3. The number of carbonyl (C=O) groups is 1. The topological polar surface area (TPSA) is 47.6 Å². The summed E-state index contributed by atoms with van der Waals surface area (Å²) in [6.45, 7) is 3.52. The predicted molar refractivity (Wildman–Crippen MR) is 74.6 cm³/mol. The van der Waals surface area contributed by atoms with Crippen molar-refractivity contribution >= 4 is 6.16 Å². The van der Waals surface area contributed by atoms with Crippen LogP contribution in [0.5, 0.6) is 0 Å². The fraction of sp³-hybridized carbons (Fsp3) is 0.400. The normalized spacial score (nSPS) is 10.4. The zero-order valence-corrected chi connectivity index (χ0v) is 11.3. The second kappa shape index (κ2) is 10.00. The molecule has 0 saturated carbocycles. The lowest BCUT2D eigenvalue weighted by molar-refractivity contribution is 0.0576. The van der Waals surface area contributed by atoms with Gasteiger partial charge >= 0.3 is 6.16 Å². The Hall–Kier alpha value is -1.97. The first-order chi connectivity index (χ1) is 9.33. The summed E-state index contributed by atoms with van der Waals surface area (Å²) in [5, 5.41) is 3.11. The highest BCUT2D eigenvalue weighted by Crippen LogP contribution is 2.01. The van der Waals surface area contributed by atoms with Crippen LogP contribution in [0.1, 0.15) is 25.3 Å². The van der Waals surface area contributed by atoms with Crippen molar-refractivity contribution in [2.45, 2.75) is 26.4 Å². The maximum absolute atomic E-state index is 11.3. The first kappa shape index (κ1) is 15.1. The Balaban J connectivity index is 2.05. The van der Waals surface area contributed by atoms with Gasteiger partial charge in [0.25, 0.3) is 0 Å². The van der Waals surface area contributed by atoms with Crippen molar-refractivity contribution in [3.05, 3.63) is 48.2 Å². The maximum atomic E-state index is 11.3. The molecule has 1 N–H and O–H groups in total. The number of benzene rings is 1. The van der Waals surface area contributed by atoms with Gasteiger partial charge in [0, 0.05) is 6.54 Å². The largest absolute Gasteiger partial charge is 0.508 e. The van der Waals surface area contributed by atoms with E-state index in [1.54, 1.807) is 12.3 Å². The van der Waals surface area contributed by atoms with E-state index >= 15 is 0 Å². The van der Waals surface area contributed by atoms with E-state index in [0.29, 0.717) is 0 Å². The number of nitrogens with one attached hydrogen (secondary N) is 1. The van der Waals surface area contributed by atoms with Crippen LogP contribution in [0.25, 0.3) is 0 Å². The summed E-state index contributed by atoms with van der Waals surface area (Å²) in [6, 6.07) is 9.50.